The predicted molar refractivity (Wildman–Crippen MR) is 52.0 cm³/mol. The van der Waals surface area contributed by atoms with Crippen molar-refractivity contribution in [1.82, 2.24) is 0 Å². The molecule has 66 valence electrons. The first-order chi connectivity index (χ1) is 6.06. The molecule has 0 saturated carbocycles. The van der Waals surface area contributed by atoms with Crippen molar-refractivity contribution in [2.75, 3.05) is 0 Å². The van der Waals surface area contributed by atoms with Crippen LogP contribution < -0.4 is 0 Å². The van der Waals surface area contributed by atoms with Crippen LogP contribution >= 0.6 is 0 Å². The highest BCUT2D eigenvalue weighted by molar-refractivity contribution is 6.13. The Morgan fingerprint density at radius 2 is 2.31 bits per heavy atom. The highest BCUT2D eigenvalue weighted by Gasteiger charge is 2.23. The Balaban J connectivity index is 3.06. The van der Waals surface area contributed by atoms with E-state index in [1.165, 1.54) is 6.08 Å². The second-order valence-corrected chi connectivity index (χ2v) is 3.07. The monoisotopic (exact) mass is 175 g/mol. The highest BCUT2D eigenvalue weighted by atomic mass is 16.6. The SMILES string of the molecule is [B]C1C=C(C=C)C([N+](=O)[O-])=CC1C. The van der Waals surface area contributed by atoms with E-state index in [1.807, 2.05) is 6.92 Å². The summed E-state index contributed by atoms with van der Waals surface area (Å²) in [7, 11) is 5.72. The molecular weight excluding hydrogens is 165 g/mol. The van der Waals surface area contributed by atoms with Crippen molar-refractivity contribution in [2.45, 2.75) is 12.7 Å². The van der Waals surface area contributed by atoms with Crippen LogP contribution in [-0.2, 0) is 0 Å². The predicted octanol–water partition coefficient (Wildman–Crippen LogP) is 1.87. The summed E-state index contributed by atoms with van der Waals surface area (Å²) in [5, 5.41) is 10.6. The summed E-state index contributed by atoms with van der Waals surface area (Å²) < 4.78 is 0. The van der Waals surface area contributed by atoms with Crippen LogP contribution in [0.1, 0.15) is 6.92 Å². The van der Waals surface area contributed by atoms with Crippen LogP contribution in [0.4, 0.5) is 0 Å². The van der Waals surface area contributed by atoms with Crippen molar-refractivity contribution in [3.63, 3.8) is 0 Å². The van der Waals surface area contributed by atoms with Crippen molar-refractivity contribution in [3.8, 4) is 0 Å². The van der Waals surface area contributed by atoms with Gasteiger partial charge in [0.2, 0.25) is 0 Å². The highest BCUT2D eigenvalue weighted by Crippen LogP contribution is 2.29. The number of nitro groups is 1. The number of rotatable bonds is 2. The van der Waals surface area contributed by atoms with Gasteiger partial charge in [-0.05, 0) is 12.0 Å². The van der Waals surface area contributed by atoms with Gasteiger partial charge in [0.1, 0.15) is 0 Å². The maximum absolute atomic E-state index is 10.6. The molecule has 0 bridgehead atoms. The first kappa shape index (κ1) is 9.77. The first-order valence-electron chi connectivity index (χ1n) is 4.02. The molecule has 0 spiro atoms. The zero-order valence-electron chi connectivity index (χ0n) is 7.43. The van der Waals surface area contributed by atoms with Gasteiger partial charge in [0.05, 0.1) is 12.8 Å². The molecule has 0 aromatic heterocycles. The molecule has 0 aliphatic heterocycles. The molecular formula is C9H10BNO2. The third-order valence-corrected chi connectivity index (χ3v) is 2.11. The van der Waals surface area contributed by atoms with Gasteiger partial charge in [-0.25, -0.2) is 0 Å². The average molecular weight is 175 g/mol. The summed E-state index contributed by atoms with van der Waals surface area (Å²) in [6.07, 6.45) is 4.71. The molecule has 2 unspecified atom stereocenters. The summed E-state index contributed by atoms with van der Waals surface area (Å²) in [5.41, 5.74) is 0.611. The van der Waals surface area contributed by atoms with E-state index in [0.29, 0.717) is 5.57 Å². The summed E-state index contributed by atoms with van der Waals surface area (Å²) in [6.45, 7) is 5.36. The lowest BCUT2D eigenvalue weighted by atomic mass is 9.73. The molecule has 1 aliphatic rings. The fourth-order valence-corrected chi connectivity index (χ4v) is 1.24. The fourth-order valence-electron chi connectivity index (χ4n) is 1.24. The molecule has 0 amide bonds. The molecule has 0 N–H and O–H groups in total. The Labute approximate surface area is 78.4 Å². The third-order valence-electron chi connectivity index (χ3n) is 2.11. The lowest BCUT2D eigenvalue weighted by Gasteiger charge is -2.18. The summed E-state index contributed by atoms with van der Waals surface area (Å²) >= 11 is 0. The quantitative estimate of drug-likeness (QED) is 0.365. The van der Waals surface area contributed by atoms with Crippen LogP contribution in [0, 0.1) is 16.0 Å². The molecule has 13 heavy (non-hydrogen) atoms. The normalized spacial score (nSPS) is 27.5. The molecule has 0 saturated heterocycles. The van der Waals surface area contributed by atoms with E-state index >= 15 is 0 Å². The molecule has 1 aliphatic carbocycles. The maximum Gasteiger partial charge on any atom is 0.272 e. The van der Waals surface area contributed by atoms with Crippen molar-refractivity contribution >= 4 is 7.85 Å². The minimum absolute atomic E-state index is 0.00380. The van der Waals surface area contributed by atoms with E-state index in [1.54, 1.807) is 12.2 Å². The zero-order chi connectivity index (χ0) is 10.0. The van der Waals surface area contributed by atoms with E-state index in [4.69, 9.17) is 7.85 Å². The topological polar surface area (TPSA) is 43.1 Å². The molecule has 0 aromatic rings. The molecule has 1 rings (SSSR count). The summed E-state index contributed by atoms with van der Waals surface area (Å²) in [5.74, 6) is -0.152. The second-order valence-electron chi connectivity index (χ2n) is 3.07. The lowest BCUT2D eigenvalue weighted by molar-refractivity contribution is -0.421. The molecule has 2 atom stereocenters. The molecule has 0 fully saturated rings. The van der Waals surface area contributed by atoms with E-state index in [2.05, 4.69) is 6.58 Å². The van der Waals surface area contributed by atoms with Crippen molar-refractivity contribution < 1.29 is 4.92 Å². The Kier molecular flexibility index (Phi) is 2.71. The van der Waals surface area contributed by atoms with Crippen molar-refractivity contribution in [1.29, 1.82) is 0 Å². The molecule has 0 aromatic carbocycles. The Hall–Kier alpha value is -1.32. The molecule has 2 radical (unpaired) electrons. The van der Waals surface area contributed by atoms with Crippen LogP contribution in [0.2, 0.25) is 5.82 Å². The van der Waals surface area contributed by atoms with Crippen LogP contribution in [0.5, 0.6) is 0 Å². The Bertz CT molecular complexity index is 307. The van der Waals surface area contributed by atoms with Gasteiger partial charge in [0.25, 0.3) is 5.70 Å². The van der Waals surface area contributed by atoms with E-state index < -0.39 is 4.92 Å². The van der Waals surface area contributed by atoms with Gasteiger partial charge in [-0.15, -0.1) is 0 Å². The summed E-state index contributed by atoms with van der Waals surface area (Å²) in [6, 6.07) is 0. The smallest absolute Gasteiger partial charge is 0.258 e. The number of hydrogen-bond acceptors (Lipinski definition) is 2. The van der Waals surface area contributed by atoms with Gasteiger partial charge in [-0.1, -0.05) is 31.5 Å². The minimum Gasteiger partial charge on any atom is -0.258 e. The Morgan fingerprint density at radius 3 is 2.77 bits per heavy atom. The largest absolute Gasteiger partial charge is 0.272 e. The number of hydrogen-bond donors (Lipinski definition) is 0. The van der Waals surface area contributed by atoms with Gasteiger partial charge in [-0.3, -0.25) is 10.1 Å². The standard InChI is InChI=1S/C9H10BNO2/c1-3-7-5-8(10)6(2)4-9(7)11(12)13/h3-6,8H,1H2,2H3. The van der Waals surface area contributed by atoms with Crippen molar-refractivity contribution in [3.05, 3.63) is 46.2 Å². The number of allylic oxidation sites excluding steroid dienone is 3. The lowest BCUT2D eigenvalue weighted by Crippen LogP contribution is -2.12. The molecule has 3 nitrogen and oxygen atoms in total. The van der Waals surface area contributed by atoms with Crippen LogP contribution in [0.25, 0.3) is 0 Å². The van der Waals surface area contributed by atoms with Gasteiger partial charge in [0, 0.05) is 5.57 Å². The van der Waals surface area contributed by atoms with Gasteiger partial charge in [-0.2, -0.15) is 0 Å². The maximum atomic E-state index is 10.6. The second kappa shape index (κ2) is 3.60. The average Bonchev–Trinajstić information content (AvgIpc) is 2.08. The molecule has 0 heterocycles. The van der Waals surface area contributed by atoms with Gasteiger partial charge in [0.15, 0.2) is 0 Å². The number of nitrogens with zero attached hydrogens (tertiary/aromatic N) is 1. The van der Waals surface area contributed by atoms with Crippen LogP contribution in [0.15, 0.2) is 36.1 Å². The Morgan fingerprint density at radius 1 is 1.69 bits per heavy atom. The summed E-state index contributed by atoms with van der Waals surface area (Å²) in [4.78, 5) is 10.2. The van der Waals surface area contributed by atoms with E-state index in [9.17, 15) is 10.1 Å². The fraction of sp³-hybridized carbons (Fsp3) is 0.333. The third kappa shape index (κ3) is 1.88. The minimum atomic E-state index is -0.407. The van der Waals surface area contributed by atoms with Gasteiger partial charge >= 0.3 is 0 Å². The van der Waals surface area contributed by atoms with E-state index in [-0.39, 0.29) is 17.4 Å². The van der Waals surface area contributed by atoms with Crippen molar-refractivity contribution in [2.24, 2.45) is 5.92 Å². The zero-order valence-corrected chi connectivity index (χ0v) is 7.43. The first-order valence-corrected chi connectivity index (χ1v) is 4.02. The van der Waals surface area contributed by atoms with Gasteiger partial charge < -0.3 is 0 Å². The molecule has 4 heteroatoms. The van der Waals surface area contributed by atoms with Crippen LogP contribution in [-0.4, -0.2) is 12.8 Å². The van der Waals surface area contributed by atoms with E-state index in [0.717, 1.165) is 0 Å². The van der Waals surface area contributed by atoms with Crippen LogP contribution in [0.3, 0.4) is 0 Å².